The van der Waals surface area contributed by atoms with Gasteiger partial charge in [0, 0.05) is 80.7 Å². The number of piperazine rings is 1. The Morgan fingerprint density at radius 2 is 1.70 bits per heavy atom. The third kappa shape index (κ3) is 6.96. The van der Waals surface area contributed by atoms with Crippen molar-refractivity contribution in [3.05, 3.63) is 101 Å². The first-order valence-corrected chi connectivity index (χ1v) is 16.0. The van der Waals surface area contributed by atoms with Crippen molar-refractivity contribution in [1.29, 1.82) is 0 Å². The fourth-order valence-corrected chi connectivity index (χ4v) is 6.43. The molecule has 1 amide bonds. The van der Waals surface area contributed by atoms with Crippen LogP contribution < -0.4 is 15.5 Å². The van der Waals surface area contributed by atoms with E-state index in [1.165, 1.54) is 12.1 Å². The third-order valence-electron chi connectivity index (χ3n) is 9.02. The Labute approximate surface area is 271 Å². The summed E-state index contributed by atoms with van der Waals surface area (Å²) in [4.78, 5) is 22.7. The molecule has 5 aromatic rings. The summed E-state index contributed by atoms with van der Waals surface area (Å²) in [6.45, 7) is 5.17. The number of nitrogens with zero attached hydrogens (tertiary/aromatic N) is 4. The number of fused-ring (bicyclic) bond motifs is 1. The molecule has 2 fully saturated rings. The van der Waals surface area contributed by atoms with Gasteiger partial charge in [0.2, 0.25) is 0 Å². The number of aromatic nitrogens is 3. The number of likely N-dealkylation sites (N-methyl/N-ethyl adjacent to an activating group) is 1. The normalized spacial score (nSPS) is 16.0. The number of H-pyrrole nitrogens is 1. The topological polar surface area (TPSA) is 98.4 Å². The van der Waals surface area contributed by atoms with Gasteiger partial charge in [-0.05, 0) is 103 Å². The molecule has 47 heavy (non-hydrogen) atoms. The van der Waals surface area contributed by atoms with Crippen LogP contribution in [0.4, 0.5) is 26.0 Å². The van der Waals surface area contributed by atoms with E-state index in [2.05, 4.69) is 48.7 Å². The Morgan fingerprint density at radius 3 is 2.45 bits per heavy atom. The lowest BCUT2D eigenvalue weighted by Gasteiger charge is -2.34. The van der Waals surface area contributed by atoms with E-state index < -0.39 is 11.6 Å². The number of benzene rings is 3. The lowest BCUT2D eigenvalue weighted by atomic mass is 9.94. The number of aromatic amines is 1. The minimum absolute atomic E-state index is 0.200. The number of ether oxygens (including phenoxy) is 1. The van der Waals surface area contributed by atoms with Gasteiger partial charge in [0.05, 0.1) is 11.1 Å². The first kappa shape index (κ1) is 30.8. The molecule has 0 radical (unpaired) electrons. The van der Waals surface area contributed by atoms with Crippen LogP contribution in [0.3, 0.4) is 0 Å². The predicted octanol–water partition coefficient (Wildman–Crippen LogP) is 6.09. The molecule has 2 aliphatic rings. The highest BCUT2D eigenvalue weighted by atomic mass is 19.1. The zero-order chi connectivity index (χ0) is 32.3. The van der Waals surface area contributed by atoms with E-state index in [0.29, 0.717) is 41.1 Å². The zero-order valence-electron chi connectivity index (χ0n) is 26.2. The molecule has 11 heteroatoms. The van der Waals surface area contributed by atoms with Crippen LogP contribution in [-0.4, -0.2) is 78.5 Å². The molecular weight excluding hydrogens is 600 g/mol. The molecule has 2 aromatic heterocycles. The minimum atomic E-state index is -0.633. The maximum Gasteiger partial charge on any atom is 0.258 e. The van der Waals surface area contributed by atoms with Crippen molar-refractivity contribution in [1.82, 2.24) is 20.1 Å². The highest BCUT2D eigenvalue weighted by molar-refractivity contribution is 6.11. The van der Waals surface area contributed by atoms with Crippen LogP contribution in [-0.2, 0) is 11.2 Å². The van der Waals surface area contributed by atoms with Crippen molar-refractivity contribution in [3.8, 4) is 11.1 Å². The molecule has 0 saturated carbocycles. The summed E-state index contributed by atoms with van der Waals surface area (Å²) in [6.07, 6.45) is 5.40. The molecule has 0 spiro atoms. The van der Waals surface area contributed by atoms with Gasteiger partial charge in [-0.15, -0.1) is 0 Å². The number of anilines is 3. The van der Waals surface area contributed by atoms with Crippen molar-refractivity contribution >= 4 is 34.0 Å². The molecule has 4 heterocycles. The number of carbonyl (C=O) groups is 1. The molecule has 0 bridgehead atoms. The van der Waals surface area contributed by atoms with Gasteiger partial charge in [-0.2, -0.15) is 5.10 Å². The van der Waals surface area contributed by atoms with Crippen LogP contribution in [0.1, 0.15) is 34.3 Å². The first-order valence-electron chi connectivity index (χ1n) is 16.0. The second kappa shape index (κ2) is 13.5. The Morgan fingerprint density at radius 1 is 0.957 bits per heavy atom. The number of pyridine rings is 1. The predicted molar refractivity (Wildman–Crippen MR) is 180 cm³/mol. The van der Waals surface area contributed by atoms with Gasteiger partial charge < -0.3 is 25.2 Å². The Bertz CT molecular complexity index is 1860. The fraction of sp³-hybridized carbons (Fsp3) is 0.306. The standard InChI is InChI=1S/C36H37F2N7O2/c1-44-10-12-45(13-11-44)29-2-3-30(33(21-29)40-28-6-14-47-15-7-28)36(46)41-35-32-19-25(16-23-17-26(37)20-27(38)18-23)31(22-34(32)42-43-35)24-4-8-39-9-5-24/h2-5,8-9,17-22,28,40H,6-7,10-16H2,1H3,(H2,41,42,43,46). The summed E-state index contributed by atoms with van der Waals surface area (Å²) in [5, 5.41) is 14.9. The lowest BCUT2D eigenvalue weighted by Crippen LogP contribution is -2.44. The van der Waals surface area contributed by atoms with Crippen LogP contribution in [0.5, 0.6) is 0 Å². The van der Waals surface area contributed by atoms with Crippen molar-refractivity contribution < 1.29 is 18.3 Å². The van der Waals surface area contributed by atoms with E-state index in [4.69, 9.17) is 4.74 Å². The molecule has 242 valence electrons. The quantitative estimate of drug-likeness (QED) is 0.190. The molecule has 9 nitrogen and oxygen atoms in total. The summed E-state index contributed by atoms with van der Waals surface area (Å²) in [7, 11) is 2.13. The van der Waals surface area contributed by atoms with Crippen LogP contribution >= 0.6 is 0 Å². The Balaban J connectivity index is 1.22. The average Bonchev–Trinajstić information content (AvgIpc) is 3.46. The molecule has 3 aromatic carbocycles. The first-order chi connectivity index (χ1) is 22.9. The summed E-state index contributed by atoms with van der Waals surface area (Å²) in [5.41, 5.74) is 6.18. The number of carbonyl (C=O) groups excluding carboxylic acids is 1. The van der Waals surface area contributed by atoms with Gasteiger partial charge in [-0.25, -0.2) is 8.78 Å². The van der Waals surface area contributed by atoms with Gasteiger partial charge >= 0.3 is 0 Å². The second-order valence-electron chi connectivity index (χ2n) is 12.3. The maximum absolute atomic E-state index is 14.1. The number of amides is 1. The van der Waals surface area contributed by atoms with Crippen LogP contribution in [0.15, 0.2) is 73.1 Å². The van der Waals surface area contributed by atoms with E-state index in [1.807, 2.05) is 36.4 Å². The molecule has 3 N–H and O–H groups in total. The zero-order valence-corrected chi connectivity index (χ0v) is 26.2. The number of nitrogens with one attached hydrogen (secondary N) is 3. The molecule has 0 unspecified atom stereocenters. The van der Waals surface area contributed by atoms with Crippen molar-refractivity contribution in [2.24, 2.45) is 0 Å². The summed E-state index contributed by atoms with van der Waals surface area (Å²) >= 11 is 0. The summed E-state index contributed by atoms with van der Waals surface area (Å²) in [6, 6.07) is 17.3. The SMILES string of the molecule is CN1CCN(c2ccc(C(=O)Nc3n[nH]c4cc(-c5ccncc5)c(Cc5cc(F)cc(F)c5)cc34)c(NC3CCOCC3)c2)CC1. The average molecular weight is 638 g/mol. The number of rotatable bonds is 8. The molecule has 7 rings (SSSR count). The molecule has 2 aliphatic heterocycles. The van der Waals surface area contributed by atoms with Gasteiger partial charge in [-0.1, -0.05) is 0 Å². The van der Waals surface area contributed by atoms with Crippen molar-refractivity contribution in [2.45, 2.75) is 25.3 Å². The van der Waals surface area contributed by atoms with E-state index in [1.54, 1.807) is 12.4 Å². The molecular formula is C36H37F2N7O2. The van der Waals surface area contributed by atoms with E-state index >= 15 is 0 Å². The van der Waals surface area contributed by atoms with Gasteiger partial charge in [0.15, 0.2) is 5.82 Å². The smallest absolute Gasteiger partial charge is 0.258 e. The largest absolute Gasteiger partial charge is 0.381 e. The molecule has 2 saturated heterocycles. The third-order valence-corrected chi connectivity index (χ3v) is 9.02. The highest BCUT2D eigenvalue weighted by Gasteiger charge is 2.22. The minimum Gasteiger partial charge on any atom is -0.381 e. The molecule has 0 atom stereocenters. The highest BCUT2D eigenvalue weighted by Crippen LogP contribution is 2.34. The Hall–Kier alpha value is -4.87. The summed E-state index contributed by atoms with van der Waals surface area (Å²) < 4.78 is 33.8. The van der Waals surface area contributed by atoms with Crippen LogP contribution in [0, 0.1) is 11.6 Å². The number of hydrogen-bond donors (Lipinski definition) is 3. The van der Waals surface area contributed by atoms with Crippen LogP contribution in [0.25, 0.3) is 22.0 Å². The van der Waals surface area contributed by atoms with Gasteiger partial charge in [0.25, 0.3) is 5.91 Å². The van der Waals surface area contributed by atoms with E-state index in [-0.39, 0.29) is 18.4 Å². The maximum atomic E-state index is 14.1. The number of halogens is 2. The van der Waals surface area contributed by atoms with Crippen molar-refractivity contribution in [3.63, 3.8) is 0 Å². The molecule has 0 aliphatic carbocycles. The summed E-state index contributed by atoms with van der Waals surface area (Å²) in [5.74, 6) is -1.18. The van der Waals surface area contributed by atoms with Gasteiger partial charge in [0.1, 0.15) is 11.6 Å². The Kier molecular flexibility index (Phi) is 8.82. The van der Waals surface area contributed by atoms with E-state index in [0.717, 1.165) is 73.2 Å². The second-order valence-corrected chi connectivity index (χ2v) is 12.3. The monoisotopic (exact) mass is 637 g/mol. The van der Waals surface area contributed by atoms with Gasteiger partial charge in [-0.3, -0.25) is 14.9 Å². The lowest BCUT2D eigenvalue weighted by molar-refractivity contribution is 0.0904. The fourth-order valence-electron chi connectivity index (χ4n) is 6.43. The van der Waals surface area contributed by atoms with E-state index in [9.17, 15) is 13.6 Å². The van der Waals surface area contributed by atoms with Crippen LogP contribution in [0.2, 0.25) is 0 Å². The number of hydrogen-bond acceptors (Lipinski definition) is 7. The van der Waals surface area contributed by atoms with Crippen molar-refractivity contribution in [2.75, 3.05) is 62.0 Å².